The highest BCUT2D eigenvalue weighted by atomic mass is 16.5. The summed E-state index contributed by atoms with van der Waals surface area (Å²) in [5.74, 6) is 0.874. The Morgan fingerprint density at radius 1 is 1.11 bits per heavy atom. The van der Waals surface area contributed by atoms with Gasteiger partial charge in [0, 0.05) is 43.0 Å². The molecule has 3 saturated heterocycles. The van der Waals surface area contributed by atoms with Gasteiger partial charge in [0.15, 0.2) is 0 Å². The lowest BCUT2D eigenvalue weighted by Gasteiger charge is -2.38. The molecule has 2 N–H and O–H groups in total. The first-order valence-corrected chi connectivity index (χ1v) is 13.3. The molecule has 0 unspecified atom stereocenters. The average Bonchev–Trinajstić information content (AvgIpc) is 3.49. The third kappa shape index (κ3) is 5.21. The van der Waals surface area contributed by atoms with Gasteiger partial charge in [-0.25, -0.2) is 0 Å². The first-order chi connectivity index (χ1) is 17.4. The van der Waals surface area contributed by atoms with Crippen molar-refractivity contribution in [3.05, 3.63) is 54.1 Å². The van der Waals surface area contributed by atoms with Crippen LogP contribution in [0.25, 0.3) is 0 Å². The smallest absolute Gasteiger partial charge is 0.238 e. The first kappa shape index (κ1) is 24.6. The number of methoxy groups -OCH3 is 1. The Morgan fingerprint density at radius 2 is 1.89 bits per heavy atom. The number of likely N-dealkylation sites (tertiary alicyclic amines) is 1. The number of hydrogen-bond donors (Lipinski definition) is 2. The summed E-state index contributed by atoms with van der Waals surface area (Å²) in [6.45, 7) is 4.61. The predicted molar refractivity (Wildman–Crippen MR) is 142 cm³/mol. The number of anilines is 2. The third-order valence-electron chi connectivity index (χ3n) is 8.14. The number of fused-ring (bicyclic) bond motifs is 1. The molecule has 3 fully saturated rings. The molecule has 5 rings (SSSR count). The van der Waals surface area contributed by atoms with Gasteiger partial charge in [-0.2, -0.15) is 0 Å². The second-order valence-corrected chi connectivity index (χ2v) is 10.7. The van der Waals surface area contributed by atoms with Crippen molar-refractivity contribution in [2.45, 2.75) is 69.5 Å². The summed E-state index contributed by atoms with van der Waals surface area (Å²) in [4.78, 5) is 30.6. The largest absolute Gasteiger partial charge is 0.497 e. The molecule has 2 aromatic rings. The van der Waals surface area contributed by atoms with E-state index in [1.807, 2.05) is 24.3 Å². The van der Waals surface area contributed by atoms with E-state index in [0.29, 0.717) is 6.42 Å². The lowest BCUT2D eigenvalue weighted by Crippen LogP contribution is -2.56. The zero-order valence-electron chi connectivity index (χ0n) is 21.5. The van der Waals surface area contributed by atoms with Gasteiger partial charge < -0.3 is 20.3 Å². The van der Waals surface area contributed by atoms with Crippen molar-refractivity contribution in [3.8, 4) is 5.75 Å². The summed E-state index contributed by atoms with van der Waals surface area (Å²) in [5.41, 5.74) is 2.75. The summed E-state index contributed by atoms with van der Waals surface area (Å²) in [6, 6.07) is 16.4. The minimum Gasteiger partial charge on any atom is -0.497 e. The Kier molecular flexibility index (Phi) is 7.19. The zero-order chi connectivity index (χ0) is 25.1. The number of benzene rings is 2. The van der Waals surface area contributed by atoms with Crippen LogP contribution in [0, 0.1) is 0 Å². The van der Waals surface area contributed by atoms with Crippen LogP contribution < -0.4 is 20.3 Å². The van der Waals surface area contributed by atoms with Crippen molar-refractivity contribution >= 4 is 23.2 Å². The van der Waals surface area contributed by atoms with Crippen molar-refractivity contribution in [2.24, 2.45) is 0 Å². The predicted octanol–water partition coefficient (Wildman–Crippen LogP) is 4.50. The van der Waals surface area contributed by atoms with Gasteiger partial charge in [0.25, 0.3) is 0 Å². The van der Waals surface area contributed by atoms with Crippen LogP contribution in [-0.2, 0) is 9.59 Å². The molecule has 3 heterocycles. The highest BCUT2D eigenvalue weighted by Crippen LogP contribution is 2.45. The molecule has 2 aromatic carbocycles. The highest BCUT2D eigenvalue weighted by molar-refractivity contribution is 5.92. The molecule has 3 aliphatic heterocycles. The van der Waals surface area contributed by atoms with Crippen molar-refractivity contribution in [3.63, 3.8) is 0 Å². The summed E-state index contributed by atoms with van der Waals surface area (Å²) >= 11 is 0. The fourth-order valence-corrected chi connectivity index (χ4v) is 6.34. The maximum atomic E-state index is 13.3. The minimum absolute atomic E-state index is 0.0109. The standard InChI is InChI=1S/C29H38N4O3/c1-29-19-25(21-8-7-9-24(18-21)36-2)33(26(29)10-3-4-11-27(34)31-29)20-28(35)30-22-12-14-23(15-13-22)32-16-5-6-17-32/h7-9,12-15,18,25-26H,3-6,10-11,16-17,19-20H2,1-2H3,(H,30,35)(H,31,34)/t25-,26-,29-/m0/s1. The summed E-state index contributed by atoms with van der Waals surface area (Å²) in [7, 11) is 1.67. The van der Waals surface area contributed by atoms with Crippen molar-refractivity contribution < 1.29 is 14.3 Å². The van der Waals surface area contributed by atoms with Gasteiger partial charge in [-0.05, 0) is 81.0 Å². The number of carbonyl (C=O) groups is 2. The first-order valence-electron chi connectivity index (χ1n) is 13.3. The van der Waals surface area contributed by atoms with Gasteiger partial charge in [0.05, 0.1) is 19.2 Å². The third-order valence-corrected chi connectivity index (χ3v) is 8.14. The molecule has 7 heteroatoms. The van der Waals surface area contributed by atoms with Gasteiger partial charge in [0.2, 0.25) is 11.8 Å². The molecule has 0 bridgehead atoms. The molecular weight excluding hydrogens is 452 g/mol. The van der Waals surface area contributed by atoms with Crippen molar-refractivity contribution in [1.82, 2.24) is 10.2 Å². The normalized spacial score (nSPS) is 26.6. The molecule has 2 amide bonds. The van der Waals surface area contributed by atoms with Gasteiger partial charge >= 0.3 is 0 Å². The fraction of sp³-hybridized carbons (Fsp3) is 0.517. The van der Waals surface area contributed by atoms with E-state index in [0.717, 1.165) is 55.8 Å². The molecule has 0 aliphatic carbocycles. The van der Waals surface area contributed by atoms with E-state index < -0.39 is 0 Å². The Hall–Kier alpha value is -3.06. The maximum Gasteiger partial charge on any atom is 0.238 e. The van der Waals surface area contributed by atoms with E-state index in [2.05, 4.69) is 51.6 Å². The maximum absolute atomic E-state index is 13.3. The van der Waals surface area contributed by atoms with Crippen molar-refractivity contribution in [2.75, 3.05) is 37.0 Å². The fourth-order valence-electron chi connectivity index (χ4n) is 6.34. The van der Waals surface area contributed by atoms with Gasteiger partial charge in [-0.3, -0.25) is 14.5 Å². The lowest BCUT2D eigenvalue weighted by atomic mass is 9.85. The lowest BCUT2D eigenvalue weighted by molar-refractivity contribution is -0.123. The summed E-state index contributed by atoms with van der Waals surface area (Å²) in [5, 5.41) is 6.44. The SMILES string of the molecule is COc1cccc([C@@H]2C[C@]3(C)NC(=O)CCCC[C@@H]3N2CC(=O)Nc2ccc(N3CCCC3)cc2)c1. The zero-order valence-corrected chi connectivity index (χ0v) is 21.5. The number of nitrogens with zero attached hydrogens (tertiary/aromatic N) is 2. The number of hydrogen-bond acceptors (Lipinski definition) is 5. The Balaban J connectivity index is 1.36. The van der Waals surface area contributed by atoms with E-state index in [9.17, 15) is 9.59 Å². The molecule has 7 nitrogen and oxygen atoms in total. The Labute approximate surface area is 214 Å². The van der Waals surface area contributed by atoms with E-state index in [4.69, 9.17) is 4.74 Å². The Bertz CT molecular complexity index is 1080. The molecular formula is C29H38N4O3. The van der Waals surface area contributed by atoms with Crippen LogP contribution in [0.5, 0.6) is 5.75 Å². The number of carbonyl (C=O) groups excluding carboxylic acids is 2. The van der Waals surface area contributed by atoms with Crippen LogP contribution in [0.3, 0.4) is 0 Å². The quantitative estimate of drug-likeness (QED) is 0.624. The summed E-state index contributed by atoms with van der Waals surface area (Å²) < 4.78 is 5.49. The molecule has 0 saturated carbocycles. The van der Waals surface area contributed by atoms with Gasteiger partial charge in [-0.15, -0.1) is 0 Å². The van der Waals surface area contributed by atoms with E-state index in [1.165, 1.54) is 18.5 Å². The van der Waals surface area contributed by atoms with E-state index in [-0.39, 0.29) is 36.0 Å². The van der Waals surface area contributed by atoms with Crippen LogP contribution in [-0.4, -0.2) is 55.0 Å². The molecule has 36 heavy (non-hydrogen) atoms. The molecule has 3 aliphatic rings. The molecule has 192 valence electrons. The minimum atomic E-state index is -0.386. The summed E-state index contributed by atoms with van der Waals surface area (Å²) in [6.07, 6.45) is 6.62. The number of ether oxygens (including phenoxy) is 1. The van der Waals surface area contributed by atoms with Crippen LogP contribution in [0.15, 0.2) is 48.5 Å². The van der Waals surface area contributed by atoms with Crippen LogP contribution in [0.2, 0.25) is 0 Å². The molecule has 3 atom stereocenters. The van der Waals surface area contributed by atoms with Crippen LogP contribution in [0.4, 0.5) is 11.4 Å². The number of nitrogens with one attached hydrogen (secondary N) is 2. The molecule has 0 aromatic heterocycles. The molecule has 0 spiro atoms. The second-order valence-electron chi connectivity index (χ2n) is 10.7. The van der Waals surface area contributed by atoms with E-state index in [1.54, 1.807) is 7.11 Å². The topological polar surface area (TPSA) is 73.9 Å². The van der Waals surface area contributed by atoms with Crippen LogP contribution in [0.1, 0.15) is 63.5 Å². The monoisotopic (exact) mass is 490 g/mol. The van der Waals surface area contributed by atoms with Crippen LogP contribution >= 0.6 is 0 Å². The molecule has 0 radical (unpaired) electrons. The van der Waals surface area contributed by atoms with Gasteiger partial charge in [0.1, 0.15) is 5.75 Å². The number of amides is 2. The van der Waals surface area contributed by atoms with E-state index >= 15 is 0 Å². The second kappa shape index (κ2) is 10.5. The highest BCUT2D eigenvalue weighted by Gasteiger charge is 2.51. The number of rotatable bonds is 6. The van der Waals surface area contributed by atoms with Crippen molar-refractivity contribution in [1.29, 1.82) is 0 Å². The average molecular weight is 491 g/mol. The Morgan fingerprint density at radius 3 is 2.64 bits per heavy atom. The van der Waals surface area contributed by atoms with Gasteiger partial charge in [-0.1, -0.05) is 18.6 Å².